The molecule has 0 bridgehead atoms. The topological polar surface area (TPSA) is 524 Å². The number of nitrogens with two attached hydrogens (primary N) is 2. The average molecular weight is 1460 g/mol. The average Bonchev–Trinajstić information content (AvgIpc) is 0.964. The quantitative estimate of drug-likeness (QED) is 0.0199. The number of carbonyl (C=O) groups is 13. The number of aromatic amines is 1. The third kappa shape index (κ3) is 25.0. The molecule has 105 heavy (non-hydrogen) atoms. The zero-order valence-corrected chi connectivity index (χ0v) is 58.0. The van der Waals surface area contributed by atoms with Gasteiger partial charge in [0.2, 0.25) is 65.0 Å². The third-order valence-electron chi connectivity index (χ3n) is 16.8. The lowest BCUT2D eigenvalue weighted by Crippen LogP contribution is -2.63. The lowest BCUT2D eigenvalue weighted by molar-refractivity contribution is -0.142. The number of aryl methyl sites for hydroxylation is 2. The fourth-order valence-corrected chi connectivity index (χ4v) is 10.9. The minimum absolute atomic E-state index is 0.00783. The molecule has 0 radical (unpaired) electrons. The Bertz CT molecular complexity index is 4070. The van der Waals surface area contributed by atoms with Crippen LogP contribution in [0.25, 0.3) is 22.3 Å². The summed E-state index contributed by atoms with van der Waals surface area (Å²) in [6, 6.07) is 16.9. The van der Waals surface area contributed by atoms with Crippen molar-refractivity contribution >= 4 is 76.9 Å². The summed E-state index contributed by atoms with van der Waals surface area (Å²) in [7, 11) is 0. The second-order valence-corrected chi connectivity index (χ2v) is 24.9. The smallest absolute Gasteiger partial charge is 0.305 e. The molecular formula is C72H87FN14O18. The molecule has 20 N–H and O–H groups in total. The molecule has 12 atom stereocenters. The number of carboxylic acid groups (broad SMARTS) is 2. The van der Waals surface area contributed by atoms with Crippen molar-refractivity contribution in [2.75, 3.05) is 13.2 Å². The maximum absolute atomic E-state index is 15.3. The van der Waals surface area contributed by atoms with Gasteiger partial charge in [-0.15, -0.1) is 0 Å². The number of rotatable bonds is 39. The van der Waals surface area contributed by atoms with E-state index in [1.807, 2.05) is 74.5 Å². The number of nitrogens with zero attached hydrogens (tertiary/aromatic N) is 1. The second kappa shape index (κ2) is 39.6. The Morgan fingerprint density at radius 2 is 0.952 bits per heavy atom. The molecule has 0 aliphatic rings. The molecular weight excluding hydrogens is 1370 g/mol. The van der Waals surface area contributed by atoms with Crippen LogP contribution in [0.4, 0.5) is 4.39 Å². The summed E-state index contributed by atoms with van der Waals surface area (Å²) in [6.07, 6.45) is -3.46. The zero-order chi connectivity index (χ0) is 77.2. The number of carbonyl (C=O) groups excluding carboxylic acids is 11. The molecule has 0 spiro atoms. The minimum atomic E-state index is -2.11. The molecule has 1 aromatic heterocycles. The highest BCUT2D eigenvalue weighted by Crippen LogP contribution is 2.26. The van der Waals surface area contributed by atoms with E-state index < -0.39 is 188 Å². The van der Waals surface area contributed by atoms with Crippen LogP contribution in [0.5, 0.6) is 0 Å². The number of halogens is 1. The molecule has 0 saturated carbocycles. The summed E-state index contributed by atoms with van der Waals surface area (Å²) < 4.78 is 15.3. The molecule has 0 aliphatic carbocycles. The van der Waals surface area contributed by atoms with Gasteiger partial charge < -0.3 is 95.2 Å². The molecule has 0 aliphatic heterocycles. The van der Waals surface area contributed by atoms with Crippen molar-refractivity contribution in [1.82, 2.24) is 63.1 Å². The molecule has 32 nitrogen and oxygen atoms in total. The highest BCUT2D eigenvalue weighted by atomic mass is 19.1. The highest BCUT2D eigenvalue weighted by molar-refractivity contribution is 6.00. The van der Waals surface area contributed by atoms with Gasteiger partial charge in [-0.1, -0.05) is 122 Å². The van der Waals surface area contributed by atoms with E-state index >= 15 is 4.39 Å². The number of imidazole rings is 1. The number of hydrogen-bond acceptors (Lipinski definition) is 18. The molecule has 6 aromatic rings. The summed E-state index contributed by atoms with van der Waals surface area (Å²) in [6.45, 7) is 4.89. The van der Waals surface area contributed by atoms with Crippen molar-refractivity contribution in [2.24, 2.45) is 11.5 Å². The summed E-state index contributed by atoms with van der Waals surface area (Å²) in [5, 5.41) is 74.3. The van der Waals surface area contributed by atoms with Crippen LogP contribution in [-0.2, 0) is 94.4 Å². The fourth-order valence-electron chi connectivity index (χ4n) is 10.9. The first-order valence-electron chi connectivity index (χ1n) is 33.3. The van der Waals surface area contributed by atoms with Crippen molar-refractivity contribution in [3.8, 4) is 22.3 Å². The molecule has 11 amide bonds. The van der Waals surface area contributed by atoms with Gasteiger partial charge in [0, 0.05) is 37.6 Å². The molecule has 6 rings (SSSR count). The largest absolute Gasteiger partial charge is 0.481 e. The SMILES string of the molecule is CCc1ccccc1-c1ccc(C[C@H](NC(=O)[C@H](CC(=O)O)NC(=O)[C@H](CO)NC(=O)[C@@H](NC(=O)[C@H](Cc2ccccc2F)NC(=O)[C@@H](NC(=O)CNC(=O)[C@H](CC(=O)O)NC(=O)[C@@H](C)NC(=O)[C@@H](N)Cc2cnc[nH]2)[C@@H](C)O)[C@@H](C)O)C(=O)N[C@@H](Cc2ccc(-c3ccccc3C)cc2)C(N)=O)cc1. The molecule has 560 valence electrons. The van der Waals surface area contributed by atoms with Crippen LogP contribution >= 0.6 is 0 Å². The molecule has 0 unspecified atom stereocenters. The second-order valence-electron chi connectivity index (χ2n) is 24.9. The van der Waals surface area contributed by atoms with Gasteiger partial charge in [-0.25, -0.2) is 9.37 Å². The van der Waals surface area contributed by atoms with E-state index in [1.165, 1.54) is 37.6 Å². The van der Waals surface area contributed by atoms with Gasteiger partial charge in [-0.3, -0.25) is 62.3 Å². The number of nitrogens with one attached hydrogen (secondary N) is 11. The van der Waals surface area contributed by atoms with Crippen LogP contribution in [0.1, 0.15) is 74.0 Å². The van der Waals surface area contributed by atoms with Crippen LogP contribution in [0.15, 0.2) is 134 Å². The number of benzene rings is 5. The normalized spacial score (nSPS) is 14.5. The number of hydrogen-bond donors (Lipinski definition) is 18. The predicted molar refractivity (Wildman–Crippen MR) is 376 cm³/mol. The van der Waals surface area contributed by atoms with Crippen molar-refractivity contribution in [2.45, 2.75) is 152 Å². The van der Waals surface area contributed by atoms with Crippen LogP contribution < -0.4 is 64.6 Å². The summed E-state index contributed by atoms with van der Waals surface area (Å²) in [4.78, 5) is 181. The van der Waals surface area contributed by atoms with Gasteiger partial charge in [-0.2, -0.15) is 0 Å². The summed E-state index contributed by atoms with van der Waals surface area (Å²) >= 11 is 0. The first-order valence-corrected chi connectivity index (χ1v) is 33.3. The number of primary amides is 1. The van der Waals surface area contributed by atoms with Gasteiger partial charge in [-0.05, 0) is 90.3 Å². The van der Waals surface area contributed by atoms with E-state index in [4.69, 9.17) is 11.5 Å². The predicted octanol–water partition coefficient (Wildman–Crippen LogP) is -1.96. The van der Waals surface area contributed by atoms with E-state index in [9.17, 15) is 87.9 Å². The molecule has 0 saturated heterocycles. The Morgan fingerprint density at radius 1 is 0.495 bits per heavy atom. The maximum Gasteiger partial charge on any atom is 0.305 e. The fraction of sp³-hybridized carbons (Fsp3) is 0.361. The van der Waals surface area contributed by atoms with Crippen molar-refractivity contribution < 1.29 is 92.3 Å². The number of aliphatic carboxylic acids is 2. The number of carboxylic acids is 2. The van der Waals surface area contributed by atoms with Crippen LogP contribution in [0.2, 0.25) is 0 Å². The van der Waals surface area contributed by atoms with Gasteiger partial charge >= 0.3 is 11.9 Å². The third-order valence-corrected chi connectivity index (χ3v) is 16.8. The zero-order valence-electron chi connectivity index (χ0n) is 58.0. The van der Waals surface area contributed by atoms with Crippen LogP contribution in [0.3, 0.4) is 0 Å². The minimum Gasteiger partial charge on any atom is -0.481 e. The number of aliphatic hydroxyl groups is 3. The molecule has 0 fully saturated rings. The Hall–Kier alpha value is -11.8. The van der Waals surface area contributed by atoms with Crippen LogP contribution in [0, 0.1) is 12.7 Å². The van der Waals surface area contributed by atoms with E-state index in [2.05, 4.69) is 63.1 Å². The Balaban J connectivity index is 1.14. The van der Waals surface area contributed by atoms with Gasteiger partial charge in [0.15, 0.2) is 0 Å². The van der Waals surface area contributed by atoms with Gasteiger partial charge in [0.05, 0.1) is 50.6 Å². The Kier molecular flexibility index (Phi) is 31.0. The summed E-state index contributed by atoms with van der Waals surface area (Å²) in [5.74, 6) is -17.1. The van der Waals surface area contributed by atoms with Gasteiger partial charge in [0.1, 0.15) is 60.2 Å². The Labute approximate surface area is 602 Å². The van der Waals surface area contributed by atoms with Gasteiger partial charge in [0.25, 0.3) is 0 Å². The maximum atomic E-state index is 15.3. The standard InChI is InChI=1S/C72H87FN14O18/c1-6-43-14-8-11-17-49(43)45-25-21-42(22-26-45)28-53(67(100)80-52(63(75)96)27-41-19-23-44(24-20-41)48-16-10-7-13-37(48)2)82-68(101)56(32-60(94)95)83-70(103)57(35-88)85-72(105)62(40(5)90)87-69(102)54(29-46-15-9-12-18-50(46)73)84-71(104)61(39(4)89)86-58(91)34-77-66(99)55(31-59(92)93)81-64(97)38(3)79-65(98)51(74)30-47-33-76-36-78-47/h7-26,33,36,38-40,51-57,61-62,88-90H,6,27-32,34-35,74H2,1-5H3,(H2,75,96)(H,76,78)(H,77,99)(H,79,98)(H,80,100)(H,81,97)(H,82,101)(H,83,103)(H,84,104)(H,85,105)(H,86,91)(H,87,102)(H,92,93)(H,94,95)/t38-,39-,40-,51+,52+,53+,54+,55+,56+,57+,61+,62+/m1/s1. The van der Waals surface area contributed by atoms with E-state index in [-0.39, 0.29) is 24.8 Å². The van der Waals surface area contributed by atoms with Crippen molar-refractivity contribution in [3.05, 3.63) is 173 Å². The van der Waals surface area contributed by atoms with Crippen molar-refractivity contribution in [1.29, 1.82) is 0 Å². The number of aromatic nitrogens is 2. The number of amides is 11. The first kappa shape index (κ1) is 82.1. The summed E-state index contributed by atoms with van der Waals surface area (Å²) in [5.41, 5.74) is 18.8. The first-order chi connectivity index (χ1) is 49.8. The lowest BCUT2D eigenvalue weighted by atomic mass is 9.95. The van der Waals surface area contributed by atoms with Crippen LogP contribution in [-0.4, -0.2) is 198 Å². The molecule has 1 heterocycles. The van der Waals surface area contributed by atoms with E-state index in [1.54, 1.807) is 36.4 Å². The Morgan fingerprint density at radius 3 is 1.50 bits per heavy atom. The molecule has 33 heteroatoms. The lowest BCUT2D eigenvalue weighted by Gasteiger charge is -2.28. The number of aliphatic hydroxyl groups excluding tert-OH is 3. The highest BCUT2D eigenvalue weighted by Gasteiger charge is 2.38. The monoisotopic (exact) mass is 1450 g/mol. The number of H-pyrrole nitrogens is 1. The van der Waals surface area contributed by atoms with E-state index in [0.717, 1.165) is 59.7 Å². The van der Waals surface area contributed by atoms with E-state index in [0.29, 0.717) is 16.8 Å². The van der Waals surface area contributed by atoms with Crippen molar-refractivity contribution in [3.63, 3.8) is 0 Å². The molecule has 5 aromatic carbocycles.